The molecule has 2 saturated heterocycles. The van der Waals surface area contributed by atoms with E-state index in [0.29, 0.717) is 11.7 Å². The Morgan fingerprint density at radius 3 is 2.81 bits per heavy atom. The van der Waals surface area contributed by atoms with E-state index >= 15 is 0 Å². The summed E-state index contributed by atoms with van der Waals surface area (Å²) in [6.07, 6.45) is -2.75. The highest BCUT2D eigenvalue weighted by molar-refractivity contribution is 8.14. The summed E-state index contributed by atoms with van der Waals surface area (Å²) in [5, 5.41) is 32.3. The first kappa shape index (κ1) is 12.1. The number of hydrogen-bond acceptors (Lipinski definition) is 6. The maximum absolute atomic E-state index is 9.86. The standard InChI is InChI=1S/C9H16N2O4S/c1-2-10-9-11-5-7(14)6(13)4(3-12)15-8(5)16-9/h4-8,12-14H,2-3H2,1H3,(H,10,11)/t4-,5?,6-,7-,8-/m1/s1. The van der Waals surface area contributed by atoms with Crippen LogP contribution in [0.5, 0.6) is 0 Å². The molecule has 0 amide bonds. The van der Waals surface area contributed by atoms with Crippen LogP contribution in [0.4, 0.5) is 0 Å². The summed E-state index contributed by atoms with van der Waals surface area (Å²) in [5.74, 6) is 0. The number of rotatable bonds is 2. The van der Waals surface area contributed by atoms with Crippen LogP contribution in [0.2, 0.25) is 0 Å². The van der Waals surface area contributed by atoms with E-state index in [4.69, 9.17) is 9.84 Å². The zero-order chi connectivity index (χ0) is 11.7. The Bertz CT molecular complexity index is 289. The average Bonchev–Trinajstić information content (AvgIpc) is 2.67. The van der Waals surface area contributed by atoms with Gasteiger partial charge in [-0.2, -0.15) is 0 Å². The van der Waals surface area contributed by atoms with Crippen LogP contribution < -0.4 is 5.32 Å². The number of thioether (sulfide) groups is 1. The molecule has 0 bridgehead atoms. The van der Waals surface area contributed by atoms with Crippen LogP contribution in [0, 0.1) is 0 Å². The van der Waals surface area contributed by atoms with Gasteiger partial charge in [0, 0.05) is 6.54 Å². The minimum atomic E-state index is -1.07. The van der Waals surface area contributed by atoms with E-state index in [2.05, 4.69) is 10.3 Å². The molecule has 0 aliphatic carbocycles. The number of aliphatic hydroxyl groups excluding tert-OH is 3. The second-order valence-corrected chi connectivity index (χ2v) is 4.86. The average molecular weight is 248 g/mol. The van der Waals surface area contributed by atoms with Crippen molar-refractivity contribution in [1.29, 1.82) is 0 Å². The van der Waals surface area contributed by atoms with Crippen molar-refractivity contribution in [1.82, 2.24) is 5.32 Å². The molecule has 7 heteroatoms. The van der Waals surface area contributed by atoms with Crippen LogP contribution in [0.1, 0.15) is 6.92 Å². The number of ether oxygens (including phenoxy) is 1. The molecule has 2 aliphatic rings. The van der Waals surface area contributed by atoms with Crippen LogP contribution in [0.15, 0.2) is 4.99 Å². The van der Waals surface area contributed by atoms with Gasteiger partial charge in [0.2, 0.25) is 0 Å². The Hall–Kier alpha value is -0.340. The fourth-order valence-electron chi connectivity index (χ4n) is 1.85. The zero-order valence-electron chi connectivity index (χ0n) is 8.91. The third kappa shape index (κ3) is 2.05. The number of hydrogen-bond donors (Lipinski definition) is 4. The topological polar surface area (TPSA) is 94.3 Å². The molecule has 2 heterocycles. The Balaban J connectivity index is 2.10. The highest BCUT2D eigenvalue weighted by atomic mass is 32.2. The van der Waals surface area contributed by atoms with Crippen molar-refractivity contribution in [3.05, 3.63) is 0 Å². The summed E-state index contributed by atoms with van der Waals surface area (Å²) in [6, 6.07) is -0.368. The molecule has 5 atom stereocenters. The van der Waals surface area contributed by atoms with Crippen molar-refractivity contribution in [3.8, 4) is 0 Å². The highest BCUT2D eigenvalue weighted by Crippen LogP contribution is 2.33. The van der Waals surface area contributed by atoms with Crippen molar-refractivity contribution >= 4 is 16.9 Å². The molecule has 92 valence electrons. The van der Waals surface area contributed by atoms with Crippen LogP contribution >= 0.6 is 11.8 Å². The van der Waals surface area contributed by atoms with E-state index in [1.165, 1.54) is 11.8 Å². The third-order valence-electron chi connectivity index (χ3n) is 2.70. The molecule has 1 unspecified atom stereocenters. The minimum Gasteiger partial charge on any atom is -0.394 e. The number of amidine groups is 1. The van der Waals surface area contributed by atoms with Gasteiger partial charge in [0.05, 0.1) is 12.6 Å². The maximum atomic E-state index is 9.86. The predicted molar refractivity (Wildman–Crippen MR) is 60.3 cm³/mol. The Morgan fingerprint density at radius 1 is 1.44 bits per heavy atom. The molecule has 0 aromatic carbocycles. The van der Waals surface area contributed by atoms with Gasteiger partial charge >= 0.3 is 0 Å². The molecule has 2 rings (SSSR count). The van der Waals surface area contributed by atoms with E-state index < -0.39 is 18.3 Å². The summed E-state index contributed by atoms with van der Waals surface area (Å²) in [6.45, 7) is 2.26. The Labute approximate surface area is 97.7 Å². The van der Waals surface area contributed by atoms with Gasteiger partial charge in [-0.1, -0.05) is 11.8 Å². The van der Waals surface area contributed by atoms with Gasteiger partial charge in [0.15, 0.2) is 5.17 Å². The van der Waals surface area contributed by atoms with Crippen LogP contribution in [-0.4, -0.2) is 63.4 Å². The van der Waals surface area contributed by atoms with Crippen molar-refractivity contribution < 1.29 is 20.1 Å². The van der Waals surface area contributed by atoms with Crippen molar-refractivity contribution in [2.75, 3.05) is 13.2 Å². The maximum Gasteiger partial charge on any atom is 0.159 e. The fourth-order valence-corrected chi connectivity index (χ4v) is 3.05. The first-order chi connectivity index (χ1) is 7.67. The number of aliphatic imine (C=N–C) groups is 1. The fraction of sp³-hybridized carbons (Fsp3) is 0.889. The lowest BCUT2D eigenvalue weighted by Crippen LogP contribution is -2.59. The summed E-state index contributed by atoms with van der Waals surface area (Å²) in [7, 11) is 0. The number of aliphatic hydroxyl groups is 3. The number of fused-ring (bicyclic) bond motifs is 1. The van der Waals surface area contributed by atoms with E-state index in [1.54, 1.807) is 0 Å². The number of nitrogens with zero attached hydrogens (tertiary/aromatic N) is 1. The highest BCUT2D eigenvalue weighted by Gasteiger charge is 2.48. The second-order valence-electron chi connectivity index (χ2n) is 3.77. The van der Waals surface area contributed by atoms with Gasteiger partial charge in [0.1, 0.15) is 23.7 Å². The quantitative estimate of drug-likeness (QED) is 0.475. The van der Waals surface area contributed by atoms with Gasteiger partial charge in [-0.25, -0.2) is 0 Å². The molecule has 0 spiro atoms. The van der Waals surface area contributed by atoms with Crippen molar-refractivity contribution in [2.24, 2.45) is 4.99 Å². The summed E-state index contributed by atoms with van der Waals surface area (Å²) in [4.78, 5) is 4.19. The van der Waals surface area contributed by atoms with Crippen LogP contribution in [0.25, 0.3) is 0 Å². The molecule has 0 saturated carbocycles. The smallest absolute Gasteiger partial charge is 0.159 e. The lowest BCUT2D eigenvalue weighted by Gasteiger charge is -2.38. The van der Waals surface area contributed by atoms with E-state index in [0.717, 1.165) is 0 Å². The van der Waals surface area contributed by atoms with Crippen LogP contribution in [0.3, 0.4) is 0 Å². The Morgan fingerprint density at radius 2 is 2.19 bits per heavy atom. The molecule has 0 aromatic heterocycles. The summed E-state index contributed by atoms with van der Waals surface area (Å²) >= 11 is 1.38. The molecule has 2 fully saturated rings. The van der Waals surface area contributed by atoms with Gasteiger partial charge in [-0.15, -0.1) is 0 Å². The second kappa shape index (κ2) is 4.89. The third-order valence-corrected chi connectivity index (χ3v) is 3.81. The largest absolute Gasteiger partial charge is 0.394 e. The monoisotopic (exact) mass is 248 g/mol. The van der Waals surface area contributed by atoms with Gasteiger partial charge in [0.25, 0.3) is 0 Å². The molecule has 16 heavy (non-hydrogen) atoms. The first-order valence-electron chi connectivity index (χ1n) is 5.27. The lowest BCUT2D eigenvalue weighted by molar-refractivity contribution is -0.167. The summed E-state index contributed by atoms with van der Waals surface area (Å²) in [5.41, 5.74) is -0.305. The SMILES string of the molecule is CCN=C1NC2[C@H](O[C@H](CO)[C@@H](O)[C@@H]2O)S1. The van der Waals surface area contributed by atoms with E-state index in [9.17, 15) is 10.2 Å². The van der Waals surface area contributed by atoms with Gasteiger partial charge < -0.3 is 25.4 Å². The molecular weight excluding hydrogens is 232 g/mol. The lowest BCUT2D eigenvalue weighted by atomic mass is 9.98. The first-order valence-corrected chi connectivity index (χ1v) is 6.15. The molecule has 4 N–H and O–H groups in total. The zero-order valence-corrected chi connectivity index (χ0v) is 9.72. The van der Waals surface area contributed by atoms with Gasteiger partial charge in [-0.05, 0) is 6.92 Å². The molecule has 0 radical (unpaired) electrons. The van der Waals surface area contributed by atoms with Crippen molar-refractivity contribution in [2.45, 2.75) is 36.7 Å². The van der Waals surface area contributed by atoms with Crippen molar-refractivity contribution in [3.63, 3.8) is 0 Å². The summed E-state index contributed by atoms with van der Waals surface area (Å²) < 4.78 is 5.48. The minimum absolute atomic E-state index is 0.303. The normalized spacial score (nSPS) is 45.5. The molecule has 0 aromatic rings. The predicted octanol–water partition coefficient (Wildman–Crippen LogP) is -1.49. The van der Waals surface area contributed by atoms with Crippen LogP contribution in [-0.2, 0) is 4.74 Å². The molecule has 6 nitrogen and oxygen atoms in total. The van der Waals surface area contributed by atoms with Gasteiger partial charge in [-0.3, -0.25) is 4.99 Å². The Kier molecular flexibility index (Phi) is 3.70. The molecule has 2 aliphatic heterocycles. The molecular formula is C9H16N2O4S. The number of nitrogens with one attached hydrogen (secondary N) is 1. The van der Waals surface area contributed by atoms with E-state index in [1.807, 2.05) is 6.92 Å². The van der Waals surface area contributed by atoms with E-state index in [-0.39, 0.29) is 18.1 Å².